The van der Waals surface area contributed by atoms with Crippen molar-refractivity contribution in [3.63, 3.8) is 0 Å². The number of hydrogen-bond donors (Lipinski definition) is 2. The van der Waals surface area contributed by atoms with Crippen molar-refractivity contribution in [1.82, 2.24) is 39.0 Å². The number of nitrogens with zero attached hydrogens (tertiary/aromatic N) is 8. The smallest absolute Gasteiger partial charge is 0.382 e. The molecule has 1 aromatic carbocycles. The molecule has 2 N–H and O–H groups in total. The van der Waals surface area contributed by atoms with E-state index < -0.39 is 96.9 Å². The normalized spacial score (nSPS) is 15.9. The quantitative estimate of drug-likeness (QED) is 0.280. The lowest BCUT2D eigenvalue weighted by Crippen LogP contribution is -2.70. The van der Waals surface area contributed by atoms with Crippen molar-refractivity contribution < 1.29 is 54.5 Å². The van der Waals surface area contributed by atoms with E-state index in [0.29, 0.717) is 20.2 Å². The van der Waals surface area contributed by atoms with Crippen LogP contribution in [-0.4, -0.2) is 92.3 Å². The molecule has 1 aliphatic rings. The SMILES string of the molecule is O=C(c1nc(Cn2nc(-c3ccc(Cl)cc3)n(C[C@H](O)C(F)(F)F)c2=O)nn1-c1ncccc1C(F)(F)F)N1CC(O)(C(F)(F)F)C1. The predicted octanol–water partition coefficient (Wildman–Crippen LogP) is 3.08. The van der Waals surface area contributed by atoms with E-state index in [4.69, 9.17) is 11.6 Å². The molecule has 0 bridgehead atoms. The van der Waals surface area contributed by atoms with Crippen LogP contribution in [0.2, 0.25) is 5.02 Å². The molecule has 4 heterocycles. The molecule has 1 saturated heterocycles. The zero-order valence-electron chi connectivity index (χ0n) is 23.0. The van der Waals surface area contributed by atoms with Gasteiger partial charge in [0, 0.05) is 16.8 Å². The van der Waals surface area contributed by atoms with Gasteiger partial charge in [0.2, 0.25) is 5.82 Å². The van der Waals surface area contributed by atoms with Crippen LogP contribution in [0, 0.1) is 0 Å². The van der Waals surface area contributed by atoms with E-state index in [9.17, 15) is 59.3 Å². The van der Waals surface area contributed by atoms with Gasteiger partial charge in [-0.2, -0.15) is 44.2 Å². The first kappa shape index (κ1) is 33.9. The van der Waals surface area contributed by atoms with Gasteiger partial charge >= 0.3 is 24.2 Å². The van der Waals surface area contributed by atoms with Crippen molar-refractivity contribution in [3.8, 4) is 17.2 Å². The van der Waals surface area contributed by atoms with Crippen molar-refractivity contribution in [1.29, 1.82) is 0 Å². The molecule has 0 saturated carbocycles. The second kappa shape index (κ2) is 11.6. The van der Waals surface area contributed by atoms with Crippen LogP contribution in [-0.2, 0) is 19.3 Å². The summed E-state index contributed by atoms with van der Waals surface area (Å²) in [6.07, 6.45) is -17.5. The lowest BCUT2D eigenvalue weighted by Gasteiger charge is -2.46. The Balaban J connectivity index is 1.59. The molecule has 1 fully saturated rings. The molecule has 252 valence electrons. The first-order valence-electron chi connectivity index (χ1n) is 12.9. The average molecular weight is 701 g/mol. The van der Waals surface area contributed by atoms with Gasteiger partial charge in [-0.1, -0.05) is 11.6 Å². The Morgan fingerprint density at radius 1 is 1.00 bits per heavy atom. The number of alkyl halides is 9. The monoisotopic (exact) mass is 700 g/mol. The fourth-order valence-electron chi connectivity index (χ4n) is 4.48. The van der Waals surface area contributed by atoms with Crippen LogP contribution in [0.4, 0.5) is 39.5 Å². The zero-order chi connectivity index (χ0) is 34.7. The largest absolute Gasteiger partial charge is 0.420 e. The van der Waals surface area contributed by atoms with E-state index in [1.165, 1.54) is 24.3 Å². The summed E-state index contributed by atoms with van der Waals surface area (Å²) in [5.74, 6) is -4.45. The first-order valence-corrected chi connectivity index (χ1v) is 13.3. The van der Waals surface area contributed by atoms with E-state index in [1.807, 2.05) is 0 Å². The summed E-state index contributed by atoms with van der Waals surface area (Å²) in [6, 6.07) is 6.72. The summed E-state index contributed by atoms with van der Waals surface area (Å²) in [5, 5.41) is 27.4. The third-order valence-corrected chi connectivity index (χ3v) is 7.16. The molecule has 5 rings (SSSR count). The minimum absolute atomic E-state index is 0.0622. The molecule has 3 aromatic heterocycles. The van der Waals surface area contributed by atoms with Gasteiger partial charge in [0.05, 0.1) is 19.6 Å². The summed E-state index contributed by atoms with van der Waals surface area (Å²) in [4.78, 5) is 34.3. The molecule has 1 amide bonds. The molecule has 22 heteroatoms. The average Bonchev–Trinajstić information content (AvgIpc) is 3.51. The molecule has 1 atom stereocenters. The number of halogens is 10. The molecule has 0 spiro atoms. The molecule has 0 radical (unpaired) electrons. The number of β-amino-alcohol motifs (C(OH)–C–C–N with tert-alkyl or cyclic N) is 1. The van der Waals surface area contributed by atoms with Crippen molar-refractivity contribution in [2.75, 3.05) is 13.1 Å². The lowest BCUT2D eigenvalue weighted by molar-refractivity contribution is -0.294. The maximum absolute atomic E-state index is 13.8. The topological polar surface area (TPSA) is 144 Å². The van der Waals surface area contributed by atoms with E-state index in [1.54, 1.807) is 0 Å². The number of aliphatic hydroxyl groups is 2. The van der Waals surface area contributed by atoms with Crippen LogP contribution in [0.3, 0.4) is 0 Å². The van der Waals surface area contributed by atoms with Crippen molar-refractivity contribution in [2.24, 2.45) is 0 Å². The van der Waals surface area contributed by atoms with Crippen LogP contribution >= 0.6 is 11.6 Å². The van der Waals surface area contributed by atoms with Gasteiger partial charge in [0.25, 0.3) is 5.91 Å². The van der Waals surface area contributed by atoms with E-state index >= 15 is 0 Å². The summed E-state index contributed by atoms with van der Waals surface area (Å²) < 4.78 is 122. The van der Waals surface area contributed by atoms with Crippen LogP contribution in [0.25, 0.3) is 17.2 Å². The number of carbonyl (C=O) groups is 1. The molecular formula is C25H18ClF9N8O4. The van der Waals surface area contributed by atoms with Crippen molar-refractivity contribution in [2.45, 2.75) is 43.3 Å². The number of hydrogen-bond acceptors (Lipinski definition) is 8. The van der Waals surface area contributed by atoms with Crippen LogP contribution in [0.15, 0.2) is 47.4 Å². The third kappa shape index (κ3) is 6.54. The maximum atomic E-state index is 13.8. The summed E-state index contributed by atoms with van der Waals surface area (Å²) in [7, 11) is 0. The minimum Gasteiger partial charge on any atom is -0.382 e. The first-order chi connectivity index (χ1) is 21.7. The maximum Gasteiger partial charge on any atom is 0.420 e. The molecule has 1 aliphatic heterocycles. The molecule has 0 aliphatic carbocycles. The fourth-order valence-corrected chi connectivity index (χ4v) is 4.60. The molecule has 0 unspecified atom stereocenters. The second-order valence-corrected chi connectivity index (χ2v) is 10.7. The second-order valence-electron chi connectivity index (χ2n) is 10.3. The van der Waals surface area contributed by atoms with E-state index in [-0.39, 0.29) is 15.3 Å². The Labute approximate surface area is 260 Å². The lowest BCUT2D eigenvalue weighted by atomic mass is 9.93. The number of benzene rings is 1. The minimum atomic E-state index is -5.15. The molecular weight excluding hydrogens is 683 g/mol. The number of amides is 1. The van der Waals surface area contributed by atoms with Gasteiger partial charge < -0.3 is 15.1 Å². The fraction of sp³-hybridized carbons (Fsp3) is 0.360. The van der Waals surface area contributed by atoms with Gasteiger partial charge in [0.1, 0.15) is 12.1 Å². The Bertz CT molecular complexity index is 1860. The summed E-state index contributed by atoms with van der Waals surface area (Å²) in [6.45, 7) is -4.79. The van der Waals surface area contributed by atoms with Crippen molar-refractivity contribution in [3.05, 3.63) is 75.3 Å². The highest BCUT2D eigenvalue weighted by molar-refractivity contribution is 6.30. The Morgan fingerprint density at radius 2 is 1.64 bits per heavy atom. The third-order valence-electron chi connectivity index (χ3n) is 6.90. The van der Waals surface area contributed by atoms with Gasteiger partial charge in [-0.25, -0.2) is 19.4 Å². The highest BCUT2D eigenvalue weighted by Gasteiger charge is 2.62. The number of carbonyl (C=O) groups excluding carboxylic acids is 1. The summed E-state index contributed by atoms with van der Waals surface area (Å²) >= 11 is 5.86. The van der Waals surface area contributed by atoms with Crippen LogP contribution < -0.4 is 5.69 Å². The number of rotatable bonds is 7. The molecule has 47 heavy (non-hydrogen) atoms. The summed E-state index contributed by atoms with van der Waals surface area (Å²) in [5.41, 5.74) is -5.94. The number of pyridine rings is 1. The Kier molecular flexibility index (Phi) is 8.38. The van der Waals surface area contributed by atoms with Crippen molar-refractivity contribution >= 4 is 17.5 Å². The van der Waals surface area contributed by atoms with Gasteiger partial charge in [-0.15, -0.1) is 10.2 Å². The van der Waals surface area contributed by atoms with Crippen LogP contribution in [0.1, 0.15) is 22.0 Å². The van der Waals surface area contributed by atoms with E-state index in [2.05, 4.69) is 20.2 Å². The number of likely N-dealkylation sites (tertiary alicyclic amines) is 1. The molecule has 4 aromatic rings. The Hall–Kier alpha value is -4.50. The number of aromatic nitrogens is 7. The van der Waals surface area contributed by atoms with Gasteiger partial charge in [0.15, 0.2) is 29.2 Å². The van der Waals surface area contributed by atoms with Gasteiger partial charge in [-0.05, 0) is 36.4 Å². The Morgan fingerprint density at radius 3 is 2.21 bits per heavy atom. The predicted molar refractivity (Wildman–Crippen MR) is 139 cm³/mol. The van der Waals surface area contributed by atoms with Gasteiger partial charge in [-0.3, -0.25) is 9.36 Å². The highest BCUT2D eigenvalue weighted by Crippen LogP contribution is 2.39. The standard InChI is InChI=1S/C25H18ClF9N8O4/c26-13-5-3-12(4-6-13)17-39-42(21(46)41(17)8-15(44)24(30,31)32)9-16-37-19(20(45)40-10-22(47,11-40)25(33,34)35)43(38-16)18-14(23(27,28)29)2-1-7-36-18/h1-7,15,44,47H,8-11H2/t15-/m0/s1. The molecule has 12 nitrogen and oxygen atoms in total. The van der Waals surface area contributed by atoms with Crippen LogP contribution in [0.5, 0.6) is 0 Å². The van der Waals surface area contributed by atoms with E-state index in [0.717, 1.165) is 12.3 Å². The highest BCUT2D eigenvalue weighted by atomic mass is 35.5. The zero-order valence-corrected chi connectivity index (χ0v) is 23.8. The number of aliphatic hydroxyl groups excluding tert-OH is 1.